The van der Waals surface area contributed by atoms with Gasteiger partial charge in [-0.2, -0.15) is 0 Å². The van der Waals surface area contributed by atoms with Gasteiger partial charge in [-0.3, -0.25) is 14.2 Å². The molecule has 0 spiro atoms. The largest absolute Gasteiger partial charge is 0.454 e. The molecule has 4 heterocycles. The molecule has 1 aromatic carbocycles. The molecule has 7 nitrogen and oxygen atoms in total. The van der Waals surface area contributed by atoms with Gasteiger partial charge in [0.05, 0.1) is 17.4 Å². The number of pyridine rings is 2. The molecule has 3 aromatic heterocycles. The van der Waals surface area contributed by atoms with Crippen LogP contribution in [0.15, 0.2) is 53.6 Å². The number of rotatable bonds is 2. The van der Waals surface area contributed by atoms with Crippen LogP contribution >= 0.6 is 0 Å². The Morgan fingerprint density at radius 3 is 2.85 bits per heavy atom. The summed E-state index contributed by atoms with van der Waals surface area (Å²) in [7, 11) is 0. The van der Waals surface area contributed by atoms with Gasteiger partial charge in [0, 0.05) is 23.3 Å². The summed E-state index contributed by atoms with van der Waals surface area (Å²) in [6.45, 7) is 2.10. The van der Waals surface area contributed by atoms with Crippen LogP contribution in [0, 0.1) is 6.92 Å². The predicted molar refractivity (Wildman–Crippen MR) is 97.3 cm³/mol. The molecule has 0 fully saturated rings. The lowest BCUT2D eigenvalue weighted by molar-refractivity contribution is 0.174. The average Bonchev–Trinajstić information content (AvgIpc) is 3.10. The Kier molecular flexibility index (Phi) is 3.08. The fourth-order valence-electron chi connectivity index (χ4n) is 3.11. The van der Waals surface area contributed by atoms with Crippen LogP contribution in [0.25, 0.3) is 16.6 Å². The van der Waals surface area contributed by atoms with E-state index in [1.165, 1.54) is 4.40 Å². The van der Waals surface area contributed by atoms with Crippen LogP contribution in [0.3, 0.4) is 0 Å². The minimum Gasteiger partial charge on any atom is -0.454 e. The summed E-state index contributed by atoms with van der Waals surface area (Å²) in [5.74, 6) is 1.34. The van der Waals surface area contributed by atoms with E-state index in [1.54, 1.807) is 24.5 Å². The molecule has 0 aliphatic carbocycles. The van der Waals surface area contributed by atoms with Crippen LogP contribution in [0.4, 0.5) is 11.4 Å². The summed E-state index contributed by atoms with van der Waals surface area (Å²) in [4.78, 5) is 21.6. The maximum atomic E-state index is 12.7. The smallest absolute Gasteiger partial charge is 0.281 e. The third-order valence-corrected chi connectivity index (χ3v) is 4.31. The summed E-state index contributed by atoms with van der Waals surface area (Å²) in [6.07, 6.45) is 3.25. The van der Waals surface area contributed by atoms with Crippen molar-refractivity contribution in [3.05, 3.63) is 64.8 Å². The number of hydrogen-bond donors (Lipinski definition) is 1. The number of aryl methyl sites for hydroxylation is 1. The normalized spacial score (nSPS) is 12.7. The van der Waals surface area contributed by atoms with Crippen molar-refractivity contribution in [1.29, 1.82) is 0 Å². The number of aromatic nitrogens is 3. The zero-order chi connectivity index (χ0) is 17.7. The number of ether oxygens (including phenoxy) is 2. The van der Waals surface area contributed by atoms with E-state index < -0.39 is 0 Å². The van der Waals surface area contributed by atoms with E-state index >= 15 is 0 Å². The lowest BCUT2D eigenvalue weighted by Crippen LogP contribution is -2.17. The van der Waals surface area contributed by atoms with Crippen LogP contribution in [0.5, 0.6) is 11.5 Å². The quantitative estimate of drug-likeness (QED) is 0.601. The Balaban J connectivity index is 1.68. The minimum absolute atomic E-state index is 0.168. The van der Waals surface area contributed by atoms with Gasteiger partial charge in [0.1, 0.15) is 11.3 Å². The fourth-order valence-corrected chi connectivity index (χ4v) is 3.11. The standard InChI is InChI=1S/C19H14N4O3/c1-11-6-13(12-7-16-17(26-10-25-16)8-14(12)21-11)22-15-9-20-18-4-2-3-5-23(18)19(15)24/h2-9H,10H2,1H3,(H,21,22). The predicted octanol–water partition coefficient (Wildman–Crippen LogP) is 3.02. The maximum absolute atomic E-state index is 12.7. The monoisotopic (exact) mass is 346 g/mol. The molecule has 0 radical (unpaired) electrons. The summed E-state index contributed by atoms with van der Waals surface area (Å²) < 4.78 is 12.4. The van der Waals surface area contributed by atoms with Crippen LogP contribution in [0.2, 0.25) is 0 Å². The van der Waals surface area contributed by atoms with Gasteiger partial charge in [-0.15, -0.1) is 0 Å². The van der Waals surface area contributed by atoms with Crippen LogP contribution < -0.4 is 20.3 Å². The van der Waals surface area contributed by atoms with Crippen molar-refractivity contribution in [2.75, 3.05) is 12.1 Å². The Morgan fingerprint density at radius 1 is 1.12 bits per heavy atom. The second-order valence-corrected chi connectivity index (χ2v) is 6.06. The van der Waals surface area contributed by atoms with Gasteiger partial charge >= 0.3 is 0 Å². The molecular formula is C19H14N4O3. The molecule has 1 N–H and O–H groups in total. The Bertz CT molecular complexity index is 1230. The molecule has 0 bridgehead atoms. The highest BCUT2D eigenvalue weighted by atomic mass is 16.7. The topological polar surface area (TPSA) is 77.8 Å². The van der Waals surface area contributed by atoms with Crippen LogP contribution in [-0.2, 0) is 0 Å². The third kappa shape index (κ3) is 2.25. The number of anilines is 2. The van der Waals surface area contributed by atoms with E-state index in [0.717, 1.165) is 22.3 Å². The molecule has 0 atom stereocenters. The van der Waals surface area contributed by atoms with Gasteiger partial charge in [0.15, 0.2) is 11.5 Å². The molecule has 5 rings (SSSR count). The van der Waals surface area contributed by atoms with Crippen molar-refractivity contribution in [2.45, 2.75) is 6.92 Å². The van der Waals surface area contributed by atoms with Gasteiger partial charge in [-0.05, 0) is 31.2 Å². The first kappa shape index (κ1) is 14.7. The van der Waals surface area contributed by atoms with Gasteiger partial charge in [-0.1, -0.05) is 6.07 Å². The molecule has 0 saturated heterocycles. The molecule has 128 valence electrons. The van der Waals surface area contributed by atoms with E-state index in [9.17, 15) is 4.79 Å². The van der Waals surface area contributed by atoms with Crippen molar-refractivity contribution in [1.82, 2.24) is 14.4 Å². The lowest BCUT2D eigenvalue weighted by Gasteiger charge is -2.11. The zero-order valence-electron chi connectivity index (χ0n) is 13.9. The first-order chi connectivity index (χ1) is 12.7. The summed E-state index contributed by atoms with van der Waals surface area (Å²) in [6, 6.07) is 11.0. The molecule has 1 aliphatic rings. The highest BCUT2D eigenvalue weighted by Crippen LogP contribution is 2.38. The Labute approximate surface area is 147 Å². The number of nitrogens with one attached hydrogen (secondary N) is 1. The van der Waals surface area contributed by atoms with Gasteiger partial charge < -0.3 is 14.8 Å². The Morgan fingerprint density at radius 2 is 1.96 bits per heavy atom. The molecule has 0 saturated carbocycles. The second-order valence-electron chi connectivity index (χ2n) is 6.06. The van der Waals surface area contributed by atoms with E-state index in [-0.39, 0.29) is 12.4 Å². The van der Waals surface area contributed by atoms with Crippen molar-refractivity contribution in [2.24, 2.45) is 0 Å². The number of fused-ring (bicyclic) bond motifs is 3. The van der Waals surface area contributed by atoms with Gasteiger partial charge in [0.2, 0.25) is 6.79 Å². The fraction of sp³-hybridized carbons (Fsp3) is 0.105. The van der Waals surface area contributed by atoms with E-state index in [4.69, 9.17) is 9.47 Å². The van der Waals surface area contributed by atoms with E-state index in [0.29, 0.717) is 22.8 Å². The van der Waals surface area contributed by atoms with Crippen molar-refractivity contribution < 1.29 is 9.47 Å². The second kappa shape index (κ2) is 5.45. The summed E-state index contributed by atoms with van der Waals surface area (Å²) in [5, 5.41) is 4.05. The Hall–Kier alpha value is -3.61. The van der Waals surface area contributed by atoms with E-state index in [1.807, 2.05) is 31.2 Å². The first-order valence-corrected chi connectivity index (χ1v) is 8.13. The average molecular weight is 346 g/mol. The van der Waals surface area contributed by atoms with E-state index in [2.05, 4.69) is 15.3 Å². The van der Waals surface area contributed by atoms with Gasteiger partial charge in [-0.25, -0.2) is 4.98 Å². The molecule has 1 aliphatic heterocycles. The molecule has 7 heteroatoms. The number of benzene rings is 1. The van der Waals surface area contributed by atoms with Gasteiger partial charge in [0.25, 0.3) is 5.56 Å². The lowest BCUT2D eigenvalue weighted by atomic mass is 10.1. The summed E-state index contributed by atoms with van der Waals surface area (Å²) in [5.41, 5.74) is 3.18. The van der Waals surface area contributed by atoms with Crippen molar-refractivity contribution >= 4 is 27.9 Å². The SMILES string of the molecule is Cc1cc(Nc2cnc3ccccn3c2=O)c2cc3c(cc2n1)OCO3. The molecule has 0 amide bonds. The maximum Gasteiger partial charge on any atom is 0.281 e. The molecular weight excluding hydrogens is 332 g/mol. The van der Waals surface area contributed by atoms with Crippen molar-refractivity contribution in [3.8, 4) is 11.5 Å². The third-order valence-electron chi connectivity index (χ3n) is 4.31. The van der Waals surface area contributed by atoms with Crippen LogP contribution in [-0.4, -0.2) is 21.2 Å². The molecule has 4 aromatic rings. The highest BCUT2D eigenvalue weighted by Gasteiger charge is 2.17. The molecule has 0 unspecified atom stereocenters. The number of nitrogens with zero attached hydrogens (tertiary/aromatic N) is 3. The summed E-state index contributed by atoms with van der Waals surface area (Å²) >= 11 is 0. The van der Waals surface area contributed by atoms with Crippen LogP contribution in [0.1, 0.15) is 5.69 Å². The van der Waals surface area contributed by atoms with Crippen molar-refractivity contribution in [3.63, 3.8) is 0 Å². The first-order valence-electron chi connectivity index (χ1n) is 8.13. The zero-order valence-corrected chi connectivity index (χ0v) is 13.9. The highest BCUT2D eigenvalue weighted by molar-refractivity contribution is 5.95. The molecule has 26 heavy (non-hydrogen) atoms. The number of hydrogen-bond acceptors (Lipinski definition) is 6. The minimum atomic E-state index is -0.168.